The molecule has 0 saturated heterocycles. The molecular weight excluding hydrogens is 278 g/mol. The summed E-state index contributed by atoms with van der Waals surface area (Å²) in [4.78, 5) is 2.47. The Hall–Kier alpha value is -2.30. The average molecular weight is 287 g/mol. The molecule has 0 radical (unpaired) electrons. The van der Waals surface area contributed by atoms with Crippen molar-refractivity contribution < 1.29 is 17.6 Å². The quantitative estimate of drug-likeness (QED) is 0.296. The molecule has 1 atom stereocenters. The summed E-state index contributed by atoms with van der Waals surface area (Å²) in [5.74, 6) is -1.04. The molecule has 1 rings (SSSR count). The minimum absolute atomic E-state index is 0.0166. The van der Waals surface area contributed by atoms with Gasteiger partial charge in [-0.1, -0.05) is 11.2 Å². The Morgan fingerprint density at radius 2 is 2.15 bits per heavy atom. The molecule has 106 valence electrons. The normalized spacial score (nSPS) is 12.3. The van der Waals surface area contributed by atoms with E-state index in [0.29, 0.717) is 6.07 Å². The van der Waals surface area contributed by atoms with E-state index in [1.165, 1.54) is 0 Å². The first-order valence-corrected chi connectivity index (χ1v) is 5.40. The van der Waals surface area contributed by atoms with E-state index < -0.39 is 23.6 Å². The van der Waals surface area contributed by atoms with Crippen molar-refractivity contribution >= 4 is 0 Å². The molecule has 0 aliphatic heterocycles. The predicted octanol–water partition coefficient (Wildman–Crippen LogP) is 3.31. The maximum absolute atomic E-state index is 12.9. The topological polar surface area (TPSA) is 84.6 Å². The molecule has 0 spiro atoms. The van der Waals surface area contributed by atoms with Gasteiger partial charge in [-0.25, -0.2) is 4.39 Å². The van der Waals surface area contributed by atoms with Gasteiger partial charge in [0.15, 0.2) is 0 Å². The Balaban J connectivity index is 3.03. The molecule has 1 unspecified atom stereocenters. The van der Waals surface area contributed by atoms with Crippen molar-refractivity contribution in [3.8, 4) is 6.07 Å². The standard InChI is InChI=1S/C11H9F4N5/c12-7-1-2-8(9(5-7)11(13,14)15)10(6-16)18-3-4-19-20-17/h1-2,5,10,18H,3-4H2. The average Bonchev–Trinajstić information content (AvgIpc) is 2.38. The highest BCUT2D eigenvalue weighted by Crippen LogP contribution is 2.35. The molecule has 0 heterocycles. The first-order chi connectivity index (χ1) is 9.40. The van der Waals surface area contributed by atoms with Gasteiger partial charge in [-0.05, 0) is 23.2 Å². The Morgan fingerprint density at radius 1 is 1.45 bits per heavy atom. The van der Waals surface area contributed by atoms with Crippen LogP contribution >= 0.6 is 0 Å². The van der Waals surface area contributed by atoms with Crippen molar-refractivity contribution in [3.63, 3.8) is 0 Å². The molecule has 1 aromatic carbocycles. The fraction of sp³-hybridized carbons (Fsp3) is 0.364. The Kier molecular flexibility index (Phi) is 5.32. The second-order valence-electron chi connectivity index (χ2n) is 3.70. The Labute approximate surface area is 111 Å². The molecule has 5 nitrogen and oxygen atoms in total. The number of nitrogens with one attached hydrogen (secondary N) is 1. The Morgan fingerprint density at radius 3 is 2.70 bits per heavy atom. The van der Waals surface area contributed by atoms with Crippen LogP contribution in [0.3, 0.4) is 0 Å². The van der Waals surface area contributed by atoms with Crippen LogP contribution in [0.1, 0.15) is 17.2 Å². The van der Waals surface area contributed by atoms with E-state index in [2.05, 4.69) is 15.3 Å². The maximum atomic E-state index is 12.9. The number of nitrogens with zero attached hydrogens (tertiary/aromatic N) is 4. The third kappa shape index (κ3) is 4.12. The minimum Gasteiger partial charge on any atom is -0.298 e. The lowest BCUT2D eigenvalue weighted by Gasteiger charge is -2.17. The number of rotatable bonds is 5. The first-order valence-electron chi connectivity index (χ1n) is 5.40. The lowest BCUT2D eigenvalue weighted by molar-refractivity contribution is -0.138. The summed E-state index contributed by atoms with van der Waals surface area (Å²) >= 11 is 0. The summed E-state index contributed by atoms with van der Waals surface area (Å²) in [6, 6.07) is 2.48. The number of halogens is 4. The van der Waals surface area contributed by atoms with Crippen molar-refractivity contribution in [2.45, 2.75) is 12.2 Å². The second-order valence-corrected chi connectivity index (χ2v) is 3.70. The van der Waals surface area contributed by atoms with Crippen LogP contribution in [-0.2, 0) is 6.18 Å². The number of hydrogen-bond acceptors (Lipinski definition) is 3. The molecule has 0 fully saturated rings. The molecule has 0 aliphatic carbocycles. The lowest BCUT2D eigenvalue weighted by atomic mass is 10.0. The van der Waals surface area contributed by atoms with Gasteiger partial charge < -0.3 is 0 Å². The van der Waals surface area contributed by atoms with Gasteiger partial charge in [0.05, 0.1) is 11.6 Å². The summed E-state index contributed by atoms with van der Waals surface area (Å²) in [5, 5.41) is 14.6. The van der Waals surface area contributed by atoms with E-state index in [9.17, 15) is 17.6 Å². The highest BCUT2D eigenvalue weighted by atomic mass is 19.4. The molecule has 0 aliphatic rings. The van der Waals surface area contributed by atoms with Crippen LogP contribution in [0.4, 0.5) is 17.6 Å². The van der Waals surface area contributed by atoms with Gasteiger partial charge in [0.2, 0.25) is 0 Å². The van der Waals surface area contributed by atoms with Gasteiger partial charge >= 0.3 is 6.18 Å². The van der Waals surface area contributed by atoms with E-state index in [0.717, 1.165) is 12.1 Å². The van der Waals surface area contributed by atoms with Gasteiger partial charge in [-0.15, -0.1) is 0 Å². The molecule has 1 aromatic rings. The monoisotopic (exact) mass is 287 g/mol. The van der Waals surface area contributed by atoms with Crippen molar-refractivity contribution in [2.75, 3.05) is 13.1 Å². The maximum Gasteiger partial charge on any atom is 0.416 e. The van der Waals surface area contributed by atoms with Gasteiger partial charge in [0.25, 0.3) is 0 Å². The van der Waals surface area contributed by atoms with Crippen LogP contribution in [0.5, 0.6) is 0 Å². The number of nitriles is 1. The van der Waals surface area contributed by atoms with Gasteiger partial charge in [-0.3, -0.25) is 5.32 Å². The summed E-state index contributed by atoms with van der Waals surface area (Å²) in [7, 11) is 0. The zero-order chi connectivity index (χ0) is 15.2. The zero-order valence-electron chi connectivity index (χ0n) is 10.0. The van der Waals surface area contributed by atoms with E-state index in [1.807, 2.05) is 0 Å². The van der Waals surface area contributed by atoms with Crippen LogP contribution in [0.25, 0.3) is 10.4 Å². The summed E-state index contributed by atoms with van der Waals surface area (Å²) < 4.78 is 51.3. The number of benzene rings is 1. The Bertz CT molecular complexity index is 557. The highest BCUT2D eigenvalue weighted by molar-refractivity contribution is 5.35. The highest BCUT2D eigenvalue weighted by Gasteiger charge is 2.35. The van der Waals surface area contributed by atoms with Gasteiger partial charge in [0.1, 0.15) is 11.9 Å². The number of hydrogen-bond donors (Lipinski definition) is 1. The lowest BCUT2D eigenvalue weighted by Crippen LogP contribution is -2.25. The summed E-state index contributed by atoms with van der Waals surface area (Å²) in [6.45, 7) is 0.00812. The zero-order valence-corrected chi connectivity index (χ0v) is 10.0. The first kappa shape index (κ1) is 15.8. The molecule has 1 N–H and O–H groups in total. The van der Waals surface area contributed by atoms with Crippen molar-refractivity contribution in [2.24, 2.45) is 5.11 Å². The van der Waals surface area contributed by atoms with Crippen LogP contribution in [0.2, 0.25) is 0 Å². The van der Waals surface area contributed by atoms with Gasteiger partial charge in [0, 0.05) is 18.0 Å². The third-order valence-corrected chi connectivity index (χ3v) is 2.38. The molecule has 20 heavy (non-hydrogen) atoms. The van der Waals surface area contributed by atoms with Crippen LogP contribution < -0.4 is 5.32 Å². The molecule has 0 aromatic heterocycles. The summed E-state index contributed by atoms with van der Waals surface area (Å²) in [6.07, 6.45) is -4.76. The molecule has 0 bridgehead atoms. The van der Waals surface area contributed by atoms with E-state index in [1.54, 1.807) is 6.07 Å². The largest absolute Gasteiger partial charge is 0.416 e. The smallest absolute Gasteiger partial charge is 0.298 e. The van der Waals surface area contributed by atoms with E-state index >= 15 is 0 Å². The molecule has 9 heteroatoms. The molecular formula is C11H9F4N5. The third-order valence-electron chi connectivity index (χ3n) is 2.38. The number of azide groups is 1. The molecule has 0 saturated carbocycles. The van der Waals surface area contributed by atoms with Crippen LogP contribution in [0, 0.1) is 17.1 Å². The fourth-order valence-corrected chi connectivity index (χ4v) is 1.55. The second kappa shape index (κ2) is 6.75. The number of alkyl halides is 3. The molecule has 0 amide bonds. The summed E-state index contributed by atoms with van der Waals surface area (Å²) in [5.41, 5.74) is 6.48. The van der Waals surface area contributed by atoms with Crippen molar-refractivity contribution in [3.05, 3.63) is 45.6 Å². The predicted molar refractivity (Wildman–Crippen MR) is 61.8 cm³/mol. The van der Waals surface area contributed by atoms with Gasteiger partial charge in [-0.2, -0.15) is 18.4 Å². The van der Waals surface area contributed by atoms with Crippen LogP contribution in [-0.4, -0.2) is 13.1 Å². The fourth-order valence-electron chi connectivity index (χ4n) is 1.55. The van der Waals surface area contributed by atoms with E-state index in [4.69, 9.17) is 10.8 Å². The van der Waals surface area contributed by atoms with Crippen molar-refractivity contribution in [1.29, 1.82) is 5.26 Å². The van der Waals surface area contributed by atoms with E-state index in [-0.39, 0.29) is 18.7 Å². The SMILES string of the molecule is N#CC(NCCN=[N+]=[N-])c1ccc(F)cc1C(F)(F)F. The van der Waals surface area contributed by atoms with Crippen LogP contribution in [0.15, 0.2) is 23.3 Å². The minimum atomic E-state index is -4.76. The van der Waals surface area contributed by atoms with Crippen molar-refractivity contribution in [1.82, 2.24) is 5.32 Å².